The summed E-state index contributed by atoms with van der Waals surface area (Å²) in [7, 11) is 2.21. The summed E-state index contributed by atoms with van der Waals surface area (Å²) >= 11 is 0. The molecule has 13 heavy (non-hydrogen) atoms. The van der Waals surface area contributed by atoms with Crippen LogP contribution in [-0.2, 0) is 6.42 Å². The second-order valence-corrected chi connectivity index (χ2v) is 4.03. The molecule has 72 valence electrons. The topological polar surface area (TPSA) is 16.4 Å². The molecule has 2 heterocycles. The minimum absolute atomic E-state index is 0.682. The first-order valence-corrected chi connectivity index (χ1v) is 5.01. The lowest BCUT2D eigenvalue weighted by Gasteiger charge is -2.22. The third kappa shape index (κ3) is 1.78. The van der Waals surface area contributed by atoms with Crippen LogP contribution in [0.5, 0.6) is 0 Å². The average Bonchev–Trinajstić information content (AvgIpc) is 2.71. The highest BCUT2D eigenvalue weighted by Crippen LogP contribution is 2.24. The van der Waals surface area contributed by atoms with Gasteiger partial charge in [-0.3, -0.25) is 0 Å². The summed E-state index contributed by atoms with van der Waals surface area (Å²) in [6.45, 7) is 2.29. The highest BCUT2D eigenvalue weighted by molar-refractivity contribution is 5.02. The molecular weight excluding hydrogens is 162 g/mol. The molecular formula is C11H17NO. The van der Waals surface area contributed by atoms with Crippen molar-refractivity contribution < 1.29 is 4.42 Å². The fourth-order valence-corrected chi connectivity index (χ4v) is 2.11. The number of furan rings is 1. The molecule has 1 saturated heterocycles. The van der Waals surface area contributed by atoms with E-state index in [2.05, 4.69) is 24.9 Å². The Balaban J connectivity index is 1.96. The van der Waals surface area contributed by atoms with E-state index in [0.717, 1.165) is 18.2 Å². The van der Waals surface area contributed by atoms with Gasteiger partial charge in [-0.25, -0.2) is 0 Å². The maximum absolute atomic E-state index is 5.35. The summed E-state index contributed by atoms with van der Waals surface area (Å²) in [5.41, 5.74) is 0. The quantitative estimate of drug-likeness (QED) is 0.692. The van der Waals surface area contributed by atoms with Crippen molar-refractivity contribution in [3.63, 3.8) is 0 Å². The Hall–Kier alpha value is -0.760. The summed E-state index contributed by atoms with van der Waals surface area (Å²) in [5, 5.41) is 0. The molecule has 2 unspecified atom stereocenters. The Morgan fingerprint density at radius 2 is 2.38 bits per heavy atom. The number of likely N-dealkylation sites (tertiary alicyclic amines) is 1. The van der Waals surface area contributed by atoms with Gasteiger partial charge >= 0.3 is 0 Å². The van der Waals surface area contributed by atoms with E-state index < -0.39 is 0 Å². The first-order chi connectivity index (χ1) is 6.27. The van der Waals surface area contributed by atoms with E-state index in [9.17, 15) is 0 Å². The molecule has 0 bridgehead atoms. The van der Waals surface area contributed by atoms with Crippen molar-refractivity contribution in [2.24, 2.45) is 0 Å². The zero-order valence-corrected chi connectivity index (χ0v) is 8.36. The Kier molecular flexibility index (Phi) is 2.40. The lowest BCUT2D eigenvalue weighted by molar-refractivity contribution is 0.244. The van der Waals surface area contributed by atoms with Crippen LogP contribution in [0.15, 0.2) is 22.8 Å². The monoisotopic (exact) mass is 179 g/mol. The van der Waals surface area contributed by atoms with Gasteiger partial charge in [0.05, 0.1) is 6.26 Å². The first-order valence-electron chi connectivity index (χ1n) is 5.01. The van der Waals surface area contributed by atoms with E-state index in [1.165, 1.54) is 12.8 Å². The molecule has 0 spiro atoms. The van der Waals surface area contributed by atoms with Crippen molar-refractivity contribution in [1.29, 1.82) is 0 Å². The smallest absolute Gasteiger partial charge is 0.105 e. The van der Waals surface area contributed by atoms with Crippen molar-refractivity contribution in [1.82, 2.24) is 4.90 Å². The molecule has 1 aromatic rings. The molecule has 1 aromatic heterocycles. The standard InChI is InChI=1S/C11H17NO/c1-9-5-6-10(12(9)2)8-11-4-3-7-13-11/h3-4,7,9-10H,5-6,8H2,1-2H3. The van der Waals surface area contributed by atoms with Gasteiger partial charge in [0.2, 0.25) is 0 Å². The second-order valence-electron chi connectivity index (χ2n) is 4.03. The molecule has 1 fully saturated rings. The van der Waals surface area contributed by atoms with Crippen molar-refractivity contribution in [3.05, 3.63) is 24.2 Å². The van der Waals surface area contributed by atoms with Crippen LogP contribution in [0.3, 0.4) is 0 Å². The van der Waals surface area contributed by atoms with E-state index in [-0.39, 0.29) is 0 Å². The van der Waals surface area contributed by atoms with Gasteiger partial charge in [-0.15, -0.1) is 0 Å². The molecule has 0 saturated carbocycles. The van der Waals surface area contributed by atoms with Crippen molar-refractivity contribution in [2.45, 2.75) is 38.3 Å². The fourth-order valence-electron chi connectivity index (χ4n) is 2.11. The SMILES string of the molecule is CC1CCC(Cc2ccco2)N1C. The number of hydrogen-bond acceptors (Lipinski definition) is 2. The molecule has 0 radical (unpaired) electrons. The molecule has 0 N–H and O–H groups in total. The molecule has 0 aromatic carbocycles. The van der Waals surface area contributed by atoms with E-state index in [1.807, 2.05) is 6.07 Å². The molecule has 2 atom stereocenters. The van der Waals surface area contributed by atoms with E-state index in [0.29, 0.717) is 6.04 Å². The summed E-state index contributed by atoms with van der Waals surface area (Å²) in [6.07, 6.45) is 5.45. The van der Waals surface area contributed by atoms with Gasteiger partial charge in [0, 0.05) is 18.5 Å². The van der Waals surface area contributed by atoms with Crippen LogP contribution in [0.4, 0.5) is 0 Å². The lowest BCUT2D eigenvalue weighted by Crippen LogP contribution is -2.31. The minimum atomic E-state index is 0.682. The maximum atomic E-state index is 5.35. The van der Waals surface area contributed by atoms with Crippen molar-refractivity contribution >= 4 is 0 Å². The average molecular weight is 179 g/mol. The van der Waals surface area contributed by atoms with E-state index in [1.54, 1.807) is 6.26 Å². The van der Waals surface area contributed by atoms with Crippen LogP contribution < -0.4 is 0 Å². The van der Waals surface area contributed by atoms with Crippen LogP contribution in [-0.4, -0.2) is 24.0 Å². The van der Waals surface area contributed by atoms with E-state index in [4.69, 9.17) is 4.42 Å². The predicted molar refractivity (Wildman–Crippen MR) is 52.7 cm³/mol. The Morgan fingerprint density at radius 1 is 1.54 bits per heavy atom. The second kappa shape index (κ2) is 3.54. The van der Waals surface area contributed by atoms with Crippen LogP contribution >= 0.6 is 0 Å². The van der Waals surface area contributed by atoms with Gasteiger partial charge in [-0.2, -0.15) is 0 Å². The molecule has 2 rings (SSSR count). The van der Waals surface area contributed by atoms with Gasteiger partial charge in [-0.1, -0.05) is 0 Å². The van der Waals surface area contributed by atoms with E-state index >= 15 is 0 Å². The highest BCUT2D eigenvalue weighted by atomic mass is 16.3. The first kappa shape index (κ1) is 8.82. The summed E-state index contributed by atoms with van der Waals surface area (Å²) in [5.74, 6) is 1.12. The number of hydrogen-bond donors (Lipinski definition) is 0. The zero-order valence-electron chi connectivity index (χ0n) is 8.36. The minimum Gasteiger partial charge on any atom is -0.469 e. The van der Waals surface area contributed by atoms with Crippen LogP contribution in [0.1, 0.15) is 25.5 Å². The third-order valence-electron chi connectivity index (χ3n) is 3.21. The van der Waals surface area contributed by atoms with Crippen LogP contribution in [0.25, 0.3) is 0 Å². The van der Waals surface area contributed by atoms with Gasteiger partial charge in [0.15, 0.2) is 0 Å². The molecule has 2 nitrogen and oxygen atoms in total. The Labute approximate surface area is 79.5 Å². The Morgan fingerprint density at radius 3 is 2.92 bits per heavy atom. The van der Waals surface area contributed by atoms with Gasteiger partial charge in [0.1, 0.15) is 5.76 Å². The van der Waals surface area contributed by atoms with Crippen LogP contribution in [0, 0.1) is 0 Å². The zero-order chi connectivity index (χ0) is 9.26. The predicted octanol–water partition coefficient (Wildman–Crippen LogP) is 2.30. The fraction of sp³-hybridized carbons (Fsp3) is 0.636. The van der Waals surface area contributed by atoms with Crippen molar-refractivity contribution in [3.8, 4) is 0 Å². The highest BCUT2D eigenvalue weighted by Gasteiger charge is 2.27. The molecule has 2 heteroatoms. The molecule has 0 aliphatic carbocycles. The lowest BCUT2D eigenvalue weighted by atomic mass is 10.1. The van der Waals surface area contributed by atoms with Gasteiger partial charge < -0.3 is 9.32 Å². The molecule has 1 aliphatic heterocycles. The largest absolute Gasteiger partial charge is 0.469 e. The summed E-state index contributed by atoms with van der Waals surface area (Å²) in [4.78, 5) is 2.46. The number of rotatable bonds is 2. The molecule has 1 aliphatic rings. The van der Waals surface area contributed by atoms with Gasteiger partial charge in [-0.05, 0) is 38.9 Å². The normalized spacial score (nSPS) is 29.7. The number of likely N-dealkylation sites (N-methyl/N-ethyl adjacent to an activating group) is 1. The summed E-state index contributed by atoms with van der Waals surface area (Å²) < 4.78 is 5.35. The maximum Gasteiger partial charge on any atom is 0.105 e. The summed E-state index contributed by atoms with van der Waals surface area (Å²) in [6, 6.07) is 5.45. The molecule has 0 amide bonds. The number of nitrogens with zero attached hydrogens (tertiary/aromatic N) is 1. The van der Waals surface area contributed by atoms with Gasteiger partial charge in [0.25, 0.3) is 0 Å². The third-order valence-corrected chi connectivity index (χ3v) is 3.21. The van der Waals surface area contributed by atoms with Crippen molar-refractivity contribution in [2.75, 3.05) is 7.05 Å². The van der Waals surface area contributed by atoms with Crippen LogP contribution in [0.2, 0.25) is 0 Å². The Bertz CT molecular complexity index is 255.